The number of rotatable bonds is 4. The highest BCUT2D eigenvalue weighted by Crippen LogP contribution is 2.40. The average Bonchev–Trinajstić information content (AvgIpc) is 3.28. The summed E-state index contributed by atoms with van der Waals surface area (Å²) >= 11 is 12.7. The van der Waals surface area contributed by atoms with Crippen LogP contribution in [-0.2, 0) is 4.79 Å². The zero-order chi connectivity index (χ0) is 24.7. The van der Waals surface area contributed by atoms with Crippen LogP contribution >= 0.6 is 23.2 Å². The zero-order valence-electron chi connectivity index (χ0n) is 18.7. The van der Waals surface area contributed by atoms with Gasteiger partial charge in [0, 0.05) is 44.9 Å². The molecule has 1 aromatic heterocycles. The predicted octanol–water partition coefficient (Wildman–Crippen LogP) is 6.73. The highest BCUT2D eigenvalue weighted by atomic mass is 35.5. The van der Waals surface area contributed by atoms with E-state index in [0.717, 1.165) is 10.9 Å². The number of aromatic amines is 1. The lowest BCUT2D eigenvalue weighted by Gasteiger charge is -2.22. The van der Waals surface area contributed by atoms with Gasteiger partial charge in [0.05, 0.1) is 17.3 Å². The van der Waals surface area contributed by atoms with E-state index in [1.54, 1.807) is 31.2 Å². The predicted molar refractivity (Wildman–Crippen MR) is 137 cm³/mol. The number of benzene rings is 3. The van der Waals surface area contributed by atoms with Crippen LogP contribution in [0.25, 0.3) is 22.0 Å². The Morgan fingerprint density at radius 3 is 2.57 bits per heavy atom. The van der Waals surface area contributed by atoms with Gasteiger partial charge in [-0.05, 0) is 35.9 Å². The lowest BCUT2D eigenvalue weighted by molar-refractivity contribution is -0.132. The van der Waals surface area contributed by atoms with E-state index in [0.29, 0.717) is 27.4 Å². The van der Waals surface area contributed by atoms with Crippen molar-refractivity contribution >= 4 is 45.7 Å². The van der Waals surface area contributed by atoms with E-state index < -0.39 is 11.9 Å². The maximum Gasteiger partial charge on any atom is 0.258 e. The van der Waals surface area contributed by atoms with Crippen LogP contribution in [0.5, 0.6) is 0 Å². The Bertz CT molecular complexity index is 1530. The lowest BCUT2D eigenvalue weighted by atomic mass is 9.91. The Morgan fingerprint density at radius 1 is 1.09 bits per heavy atom. The number of nitrogens with one attached hydrogen (secondary N) is 1. The molecule has 0 saturated heterocycles. The quantitative estimate of drug-likeness (QED) is 0.332. The summed E-state index contributed by atoms with van der Waals surface area (Å²) in [5.74, 6) is -0.832. The molecular weight excluding hydrogens is 488 g/mol. The van der Waals surface area contributed by atoms with Crippen molar-refractivity contribution in [3.63, 3.8) is 0 Å². The van der Waals surface area contributed by atoms with Crippen LogP contribution < -0.4 is 5.56 Å². The van der Waals surface area contributed by atoms with Gasteiger partial charge in [-0.25, -0.2) is 9.40 Å². The summed E-state index contributed by atoms with van der Waals surface area (Å²) in [6.45, 7) is 1.70. The highest BCUT2D eigenvalue weighted by molar-refractivity contribution is 6.32. The molecule has 2 heterocycles. The molecule has 1 N–H and O–H groups in total. The minimum absolute atomic E-state index is 0.126. The molecule has 176 valence electrons. The van der Waals surface area contributed by atoms with E-state index in [9.17, 15) is 14.0 Å². The minimum atomic E-state index is -0.774. The number of pyridine rings is 1. The summed E-state index contributed by atoms with van der Waals surface area (Å²) in [6.07, 6.45) is 0.288. The second-order valence-corrected chi connectivity index (χ2v) is 9.10. The number of amides is 1. The number of hydrogen-bond acceptors (Lipinski definition) is 3. The van der Waals surface area contributed by atoms with Gasteiger partial charge in [-0.2, -0.15) is 5.10 Å². The molecule has 35 heavy (non-hydrogen) atoms. The lowest BCUT2D eigenvalue weighted by Crippen LogP contribution is -2.27. The number of hydrazone groups is 1. The average molecular weight is 508 g/mol. The molecule has 0 spiro atoms. The number of carbonyl (C=O) groups is 1. The van der Waals surface area contributed by atoms with E-state index >= 15 is 0 Å². The first kappa shape index (κ1) is 23.3. The van der Waals surface area contributed by atoms with Crippen LogP contribution in [0.15, 0.2) is 76.6 Å². The van der Waals surface area contributed by atoms with Crippen LogP contribution in [0.2, 0.25) is 10.0 Å². The number of aromatic nitrogens is 1. The zero-order valence-corrected chi connectivity index (χ0v) is 20.2. The third-order valence-electron chi connectivity index (χ3n) is 6.13. The fraction of sp³-hybridized carbons (Fsp3) is 0.148. The van der Waals surface area contributed by atoms with Crippen molar-refractivity contribution in [2.75, 3.05) is 0 Å². The second-order valence-electron chi connectivity index (χ2n) is 8.25. The summed E-state index contributed by atoms with van der Waals surface area (Å²) < 4.78 is 14.9. The Morgan fingerprint density at radius 2 is 1.86 bits per heavy atom. The van der Waals surface area contributed by atoms with Gasteiger partial charge in [-0.3, -0.25) is 9.59 Å². The number of halogens is 3. The number of fused-ring (bicyclic) bond motifs is 1. The summed E-state index contributed by atoms with van der Waals surface area (Å²) in [5.41, 5.74) is 2.57. The fourth-order valence-electron chi connectivity index (χ4n) is 4.55. The SMILES string of the molecule is CCC(=O)N1N=C(c2c(-c3ccccc3)c3cc(Cl)ccc3[nH]c2=O)C[C@H]1c1c(F)cccc1Cl. The van der Waals surface area contributed by atoms with Gasteiger partial charge >= 0.3 is 0 Å². The number of nitrogens with zero attached hydrogens (tertiary/aromatic N) is 2. The van der Waals surface area contributed by atoms with Crippen LogP contribution in [0.4, 0.5) is 4.39 Å². The molecule has 0 bridgehead atoms. The van der Waals surface area contributed by atoms with Gasteiger partial charge < -0.3 is 4.98 Å². The Labute approximate surface area is 210 Å². The summed E-state index contributed by atoms with van der Waals surface area (Å²) in [6, 6.07) is 18.3. The van der Waals surface area contributed by atoms with Gasteiger partial charge in [-0.15, -0.1) is 0 Å². The maximum atomic E-state index is 14.9. The van der Waals surface area contributed by atoms with Gasteiger partial charge in [0.2, 0.25) is 5.91 Å². The molecule has 1 atom stereocenters. The largest absolute Gasteiger partial charge is 0.321 e. The minimum Gasteiger partial charge on any atom is -0.321 e. The smallest absolute Gasteiger partial charge is 0.258 e. The molecule has 8 heteroatoms. The summed E-state index contributed by atoms with van der Waals surface area (Å²) in [7, 11) is 0. The molecule has 3 aromatic carbocycles. The Hall–Kier alpha value is -3.48. The summed E-state index contributed by atoms with van der Waals surface area (Å²) in [5, 5.41) is 7.26. The van der Waals surface area contributed by atoms with E-state index in [1.165, 1.54) is 17.1 Å². The fourth-order valence-corrected chi connectivity index (χ4v) is 5.01. The van der Waals surface area contributed by atoms with Crippen LogP contribution in [0, 0.1) is 5.82 Å². The normalized spacial score (nSPS) is 15.5. The molecule has 0 aliphatic carbocycles. The first-order chi connectivity index (χ1) is 16.9. The van der Waals surface area contributed by atoms with Gasteiger partial charge in [0.15, 0.2) is 0 Å². The van der Waals surface area contributed by atoms with E-state index in [-0.39, 0.29) is 34.9 Å². The van der Waals surface area contributed by atoms with Crippen molar-refractivity contribution in [2.24, 2.45) is 5.10 Å². The Balaban J connectivity index is 1.77. The highest BCUT2D eigenvalue weighted by Gasteiger charge is 2.37. The van der Waals surface area contributed by atoms with Crippen LogP contribution in [0.1, 0.15) is 36.9 Å². The number of hydrogen-bond donors (Lipinski definition) is 1. The topological polar surface area (TPSA) is 65.5 Å². The number of carbonyl (C=O) groups excluding carboxylic acids is 1. The third kappa shape index (κ3) is 4.13. The molecule has 0 radical (unpaired) electrons. The molecule has 0 saturated carbocycles. The first-order valence-corrected chi connectivity index (χ1v) is 11.9. The molecule has 1 aliphatic heterocycles. The van der Waals surface area contributed by atoms with E-state index in [4.69, 9.17) is 23.2 Å². The van der Waals surface area contributed by atoms with Crippen molar-refractivity contribution in [1.29, 1.82) is 0 Å². The van der Waals surface area contributed by atoms with Crippen LogP contribution in [-0.4, -0.2) is 21.6 Å². The van der Waals surface area contributed by atoms with Crippen LogP contribution in [0.3, 0.4) is 0 Å². The van der Waals surface area contributed by atoms with Crippen molar-refractivity contribution in [3.05, 3.63) is 104 Å². The van der Waals surface area contributed by atoms with Gasteiger partial charge in [0.1, 0.15) is 5.82 Å². The molecule has 0 fully saturated rings. The number of H-pyrrole nitrogens is 1. The molecule has 1 aliphatic rings. The van der Waals surface area contributed by atoms with Crippen molar-refractivity contribution in [1.82, 2.24) is 9.99 Å². The molecule has 4 aromatic rings. The van der Waals surface area contributed by atoms with Crippen molar-refractivity contribution in [2.45, 2.75) is 25.8 Å². The Kier molecular flexibility index (Phi) is 6.17. The van der Waals surface area contributed by atoms with Gasteiger partial charge in [-0.1, -0.05) is 66.5 Å². The van der Waals surface area contributed by atoms with Crippen molar-refractivity contribution in [3.8, 4) is 11.1 Å². The molecule has 0 unspecified atom stereocenters. The molecule has 5 rings (SSSR count). The molecule has 1 amide bonds. The second kappa shape index (κ2) is 9.29. The maximum absolute atomic E-state index is 14.9. The standard InChI is InChI=1S/C27H20Cl2FN3O2/c1-2-23(34)33-22(25-18(29)9-6-10-19(25)30)14-21(32-33)26-24(15-7-4-3-5-8-15)17-13-16(28)11-12-20(17)31-27(26)35/h3-13,22H,2,14H2,1H3,(H,31,35)/t22-/m0/s1. The first-order valence-electron chi connectivity index (χ1n) is 11.1. The third-order valence-corrected chi connectivity index (χ3v) is 6.69. The molecular formula is C27H20Cl2FN3O2. The van der Waals surface area contributed by atoms with E-state index in [2.05, 4.69) is 10.1 Å². The monoisotopic (exact) mass is 507 g/mol. The van der Waals surface area contributed by atoms with Crippen molar-refractivity contribution < 1.29 is 9.18 Å². The summed E-state index contributed by atoms with van der Waals surface area (Å²) in [4.78, 5) is 29.2. The molecule has 5 nitrogen and oxygen atoms in total. The van der Waals surface area contributed by atoms with E-state index in [1.807, 2.05) is 30.3 Å². The van der Waals surface area contributed by atoms with Gasteiger partial charge in [0.25, 0.3) is 5.56 Å².